The summed E-state index contributed by atoms with van der Waals surface area (Å²) in [4.78, 5) is 12.7. The van der Waals surface area contributed by atoms with Gasteiger partial charge in [0.05, 0.1) is 4.90 Å². The summed E-state index contributed by atoms with van der Waals surface area (Å²) in [6, 6.07) is 10.2. The third-order valence-electron chi connectivity index (χ3n) is 4.39. The van der Waals surface area contributed by atoms with Crippen LogP contribution >= 0.6 is 34.8 Å². The van der Waals surface area contributed by atoms with Gasteiger partial charge in [0.1, 0.15) is 6.04 Å². The van der Waals surface area contributed by atoms with Crippen LogP contribution in [-0.4, -0.2) is 31.2 Å². The molecular weight excluding hydrogens is 431 g/mol. The van der Waals surface area contributed by atoms with E-state index in [0.29, 0.717) is 40.0 Å². The molecule has 5 nitrogen and oxygen atoms in total. The van der Waals surface area contributed by atoms with Crippen molar-refractivity contribution in [3.63, 3.8) is 0 Å². The van der Waals surface area contributed by atoms with Crippen molar-refractivity contribution in [3.8, 4) is 0 Å². The molecule has 3 rings (SSSR count). The van der Waals surface area contributed by atoms with Crippen LogP contribution in [0.2, 0.25) is 15.1 Å². The molecule has 2 aromatic rings. The summed E-state index contributed by atoms with van der Waals surface area (Å²) >= 11 is 17.8. The van der Waals surface area contributed by atoms with Crippen LogP contribution in [0.25, 0.3) is 0 Å². The van der Waals surface area contributed by atoms with E-state index in [2.05, 4.69) is 5.32 Å². The van der Waals surface area contributed by atoms with Crippen LogP contribution in [0.1, 0.15) is 18.4 Å². The average molecular weight is 448 g/mol. The van der Waals surface area contributed by atoms with Gasteiger partial charge < -0.3 is 5.32 Å². The zero-order chi connectivity index (χ0) is 19.6. The van der Waals surface area contributed by atoms with E-state index in [1.165, 1.54) is 28.6 Å². The van der Waals surface area contributed by atoms with E-state index in [1.807, 2.05) is 0 Å². The number of amides is 1. The molecule has 0 spiro atoms. The second-order valence-electron chi connectivity index (χ2n) is 6.18. The van der Waals surface area contributed by atoms with Gasteiger partial charge in [-0.1, -0.05) is 40.9 Å². The van der Waals surface area contributed by atoms with Crippen molar-refractivity contribution in [1.82, 2.24) is 9.62 Å². The molecule has 1 fully saturated rings. The number of sulfonamides is 1. The van der Waals surface area contributed by atoms with Crippen molar-refractivity contribution in [3.05, 3.63) is 63.1 Å². The van der Waals surface area contributed by atoms with Crippen LogP contribution < -0.4 is 5.32 Å². The van der Waals surface area contributed by atoms with Gasteiger partial charge >= 0.3 is 0 Å². The largest absolute Gasteiger partial charge is 0.351 e. The monoisotopic (exact) mass is 446 g/mol. The van der Waals surface area contributed by atoms with E-state index in [4.69, 9.17) is 34.8 Å². The van der Waals surface area contributed by atoms with Crippen molar-refractivity contribution in [2.45, 2.75) is 30.3 Å². The third-order valence-corrected chi connectivity index (χ3v) is 7.16. The first-order chi connectivity index (χ1) is 12.8. The summed E-state index contributed by atoms with van der Waals surface area (Å²) in [5.41, 5.74) is 0.708. The Bertz CT molecular complexity index is 949. The summed E-state index contributed by atoms with van der Waals surface area (Å²) in [6.45, 7) is 0.491. The number of nitrogens with zero attached hydrogens (tertiary/aromatic N) is 1. The Hall–Kier alpha value is -1.31. The van der Waals surface area contributed by atoms with Gasteiger partial charge in [0, 0.05) is 28.2 Å². The smallest absolute Gasteiger partial charge is 0.243 e. The maximum Gasteiger partial charge on any atom is 0.243 e. The lowest BCUT2D eigenvalue weighted by molar-refractivity contribution is -0.124. The van der Waals surface area contributed by atoms with Gasteiger partial charge in [-0.05, 0) is 54.8 Å². The number of carbonyl (C=O) groups excluding carboxylic acids is 1. The molecule has 1 aliphatic rings. The minimum atomic E-state index is -3.78. The molecule has 27 heavy (non-hydrogen) atoms. The van der Waals surface area contributed by atoms with E-state index in [1.54, 1.807) is 18.2 Å². The topological polar surface area (TPSA) is 66.5 Å². The zero-order valence-corrected chi connectivity index (χ0v) is 17.2. The highest BCUT2D eigenvalue weighted by Gasteiger charge is 2.39. The van der Waals surface area contributed by atoms with Crippen LogP contribution in [0, 0.1) is 0 Å². The lowest BCUT2D eigenvalue weighted by Crippen LogP contribution is -2.45. The average Bonchev–Trinajstić information content (AvgIpc) is 3.12. The molecule has 1 atom stereocenters. The highest BCUT2D eigenvalue weighted by atomic mass is 35.5. The lowest BCUT2D eigenvalue weighted by Gasteiger charge is -2.23. The van der Waals surface area contributed by atoms with Crippen molar-refractivity contribution in [2.24, 2.45) is 0 Å². The number of hydrogen-bond acceptors (Lipinski definition) is 3. The molecule has 0 aliphatic carbocycles. The first kappa shape index (κ1) is 20.4. The molecule has 0 radical (unpaired) electrons. The number of hydrogen-bond donors (Lipinski definition) is 1. The molecule has 0 bridgehead atoms. The summed E-state index contributed by atoms with van der Waals surface area (Å²) in [7, 11) is -3.78. The first-order valence-corrected chi connectivity index (χ1v) is 10.9. The van der Waals surface area contributed by atoms with E-state index in [0.717, 1.165) is 0 Å². The Morgan fingerprint density at radius 2 is 1.74 bits per heavy atom. The fourth-order valence-electron chi connectivity index (χ4n) is 3.00. The normalized spacial score (nSPS) is 17.8. The molecule has 144 valence electrons. The number of nitrogens with one attached hydrogen (secondary N) is 1. The molecule has 0 saturated carbocycles. The fourth-order valence-corrected chi connectivity index (χ4v) is 5.25. The Balaban J connectivity index is 1.73. The van der Waals surface area contributed by atoms with Crippen LogP contribution in [-0.2, 0) is 21.4 Å². The van der Waals surface area contributed by atoms with E-state index < -0.39 is 16.1 Å². The van der Waals surface area contributed by atoms with Crippen molar-refractivity contribution < 1.29 is 13.2 Å². The summed E-state index contributed by atoms with van der Waals surface area (Å²) in [5.74, 6) is -0.351. The quantitative estimate of drug-likeness (QED) is 0.750. The van der Waals surface area contributed by atoms with Crippen LogP contribution in [0.5, 0.6) is 0 Å². The molecule has 1 amide bonds. The second-order valence-corrected chi connectivity index (χ2v) is 9.35. The standard InChI is InChI=1S/C18H17Cl3N2O3S/c19-13-5-7-15(8-6-13)27(25,26)23-9-1-2-17(23)18(24)22-11-12-3-4-14(20)10-16(12)21/h3-8,10,17H,1-2,9,11H2,(H,22,24)/t17-/m0/s1. The van der Waals surface area contributed by atoms with E-state index >= 15 is 0 Å². The number of benzene rings is 2. The molecule has 0 aromatic heterocycles. The van der Waals surface area contributed by atoms with Crippen molar-refractivity contribution >= 4 is 50.7 Å². The zero-order valence-electron chi connectivity index (χ0n) is 14.2. The van der Waals surface area contributed by atoms with Gasteiger partial charge in [0.15, 0.2) is 0 Å². The SMILES string of the molecule is O=C(NCc1ccc(Cl)cc1Cl)[C@@H]1CCCN1S(=O)(=O)c1ccc(Cl)cc1. The van der Waals surface area contributed by atoms with Crippen LogP contribution in [0.3, 0.4) is 0 Å². The van der Waals surface area contributed by atoms with Gasteiger partial charge in [-0.3, -0.25) is 4.79 Å². The molecule has 1 saturated heterocycles. The Labute approximate surface area is 173 Å². The molecule has 1 aliphatic heterocycles. The number of rotatable bonds is 5. The number of carbonyl (C=O) groups is 1. The first-order valence-electron chi connectivity index (χ1n) is 8.28. The van der Waals surface area contributed by atoms with E-state index in [-0.39, 0.29) is 17.3 Å². The molecule has 9 heteroatoms. The summed E-state index contributed by atoms with van der Waals surface area (Å²) in [6.07, 6.45) is 1.08. The lowest BCUT2D eigenvalue weighted by atomic mass is 10.2. The highest BCUT2D eigenvalue weighted by molar-refractivity contribution is 7.89. The molecule has 0 unspecified atom stereocenters. The van der Waals surface area contributed by atoms with Crippen LogP contribution in [0.15, 0.2) is 47.4 Å². The second kappa shape index (κ2) is 8.37. The van der Waals surface area contributed by atoms with Gasteiger partial charge in [-0.2, -0.15) is 4.31 Å². The molecule has 1 heterocycles. The third kappa shape index (κ3) is 4.58. The molecular formula is C18H17Cl3N2O3S. The van der Waals surface area contributed by atoms with Gasteiger partial charge in [-0.15, -0.1) is 0 Å². The maximum atomic E-state index is 12.9. The minimum absolute atomic E-state index is 0.118. The van der Waals surface area contributed by atoms with Gasteiger partial charge in [0.2, 0.25) is 15.9 Å². The maximum absolute atomic E-state index is 12.9. The van der Waals surface area contributed by atoms with Gasteiger partial charge in [-0.25, -0.2) is 8.42 Å². The fraction of sp³-hybridized carbons (Fsp3) is 0.278. The van der Waals surface area contributed by atoms with Crippen molar-refractivity contribution in [2.75, 3.05) is 6.54 Å². The summed E-state index contributed by atoms with van der Waals surface area (Å²) < 4.78 is 27.0. The molecule has 1 N–H and O–H groups in total. The Morgan fingerprint density at radius 1 is 1.07 bits per heavy atom. The Kier molecular flexibility index (Phi) is 6.33. The minimum Gasteiger partial charge on any atom is -0.351 e. The van der Waals surface area contributed by atoms with Crippen molar-refractivity contribution in [1.29, 1.82) is 0 Å². The number of halogens is 3. The molecule has 2 aromatic carbocycles. The predicted octanol–water partition coefficient (Wildman–Crippen LogP) is 4.12. The van der Waals surface area contributed by atoms with Gasteiger partial charge in [0.25, 0.3) is 0 Å². The van der Waals surface area contributed by atoms with Crippen LogP contribution in [0.4, 0.5) is 0 Å². The summed E-state index contributed by atoms with van der Waals surface area (Å²) in [5, 5.41) is 4.17. The highest BCUT2D eigenvalue weighted by Crippen LogP contribution is 2.27. The Morgan fingerprint density at radius 3 is 2.41 bits per heavy atom. The predicted molar refractivity (Wildman–Crippen MR) is 107 cm³/mol. The van der Waals surface area contributed by atoms with E-state index in [9.17, 15) is 13.2 Å².